The largest absolute Gasteiger partial charge is 0.306 e. The molecule has 0 atom stereocenters. The van der Waals surface area contributed by atoms with E-state index in [-0.39, 0.29) is 5.84 Å². The number of fused-ring (bicyclic) bond motifs is 9. The fraction of sp³-hybridized carbons (Fsp3) is 0. The van der Waals surface area contributed by atoms with E-state index in [1.807, 2.05) is 90.6 Å². The van der Waals surface area contributed by atoms with Crippen LogP contribution in [0.5, 0.6) is 0 Å². The van der Waals surface area contributed by atoms with Crippen molar-refractivity contribution >= 4 is 78.6 Å². The minimum atomic E-state index is 0.183. The maximum Gasteiger partial charge on any atom is 0.154 e. The predicted molar refractivity (Wildman–Crippen MR) is 214 cm³/mol. The van der Waals surface area contributed by atoms with Gasteiger partial charge in [0.1, 0.15) is 0 Å². The van der Waals surface area contributed by atoms with Crippen molar-refractivity contribution in [2.45, 2.75) is 9.79 Å². The number of nitrogens with one attached hydrogen (secondary N) is 2. The average Bonchev–Trinajstić information content (AvgIpc) is 3.69. The van der Waals surface area contributed by atoms with Gasteiger partial charge in [-0.1, -0.05) is 151 Å². The molecule has 0 saturated heterocycles. The molecule has 1 aliphatic heterocycles. The van der Waals surface area contributed by atoms with Crippen molar-refractivity contribution in [3.63, 3.8) is 0 Å². The minimum Gasteiger partial charge on any atom is -0.306 e. The topological polar surface area (TPSA) is 58.1 Å². The van der Waals surface area contributed by atoms with Crippen LogP contribution >= 0.6 is 23.4 Å². The Balaban J connectivity index is 1.30. The Morgan fingerprint density at radius 2 is 1.27 bits per heavy atom. The Morgan fingerprint density at radius 1 is 0.608 bits per heavy atom. The monoisotopic (exact) mass is 693 g/mol. The summed E-state index contributed by atoms with van der Waals surface area (Å²) in [5.74, 6) is 0.768. The van der Waals surface area contributed by atoms with E-state index >= 15 is 0 Å². The summed E-state index contributed by atoms with van der Waals surface area (Å²) in [6.45, 7) is 0. The summed E-state index contributed by atoms with van der Waals surface area (Å²) in [6.07, 6.45) is 0. The van der Waals surface area contributed by atoms with E-state index in [9.17, 15) is 0 Å². The molecule has 0 unspecified atom stereocenters. The number of hydrogen-bond acceptors (Lipinski definition) is 2. The molecule has 9 aromatic rings. The molecule has 0 radical (unpaired) electrons. The van der Waals surface area contributed by atoms with Crippen molar-refractivity contribution in [1.29, 1.82) is 5.41 Å². The summed E-state index contributed by atoms with van der Waals surface area (Å²) in [6, 6.07) is 53.8. The molecule has 242 valence electrons. The van der Waals surface area contributed by atoms with Crippen LogP contribution < -0.4 is 5.43 Å². The van der Waals surface area contributed by atoms with Gasteiger partial charge in [-0.2, -0.15) is 0 Å². The number of nitrogens with zero attached hydrogens (tertiary/aromatic N) is 3. The summed E-state index contributed by atoms with van der Waals surface area (Å²) in [5.41, 5.74) is 13.0. The molecule has 2 aromatic heterocycles. The fourth-order valence-corrected chi connectivity index (χ4v) is 8.93. The van der Waals surface area contributed by atoms with Gasteiger partial charge < -0.3 is 4.57 Å². The maximum absolute atomic E-state index is 8.96. The third kappa shape index (κ3) is 4.64. The van der Waals surface area contributed by atoms with Crippen LogP contribution in [-0.4, -0.2) is 20.9 Å². The summed E-state index contributed by atoms with van der Waals surface area (Å²) in [7, 11) is 0. The maximum atomic E-state index is 8.96. The van der Waals surface area contributed by atoms with Gasteiger partial charge in [0.15, 0.2) is 11.7 Å². The van der Waals surface area contributed by atoms with E-state index < -0.39 is 0 Å². The van der Waals surface area contributed by atoms with Gasteiger partial charge in [0.05, 0.1) is 27.8 Å². The van der Waals surface area contributed by atoms with E-state index in [0.717, 1.165) is 65.7 Å². The Morgan fingerprint density at radius 3 is 2.10 bits per heavy atom. The van der Waals surface area contributed by atoms with Crippen LogP contribution in [0.1, 0.15) is 11.1 Å². The van der Waals surface area contributed by atoms with Gasteiger partial charge in [0.2, 0.25) is 0 Å². The van der Waals surface area contributed by atoms with Crippen molar-refractivity contribution in [3.05, 3.63) is 174 Å². The molecule has 0 spiro atoms. The highest BCUT2D eigenvalue weighted by molar-refractivity contribution is 8.00. The van der Waals surface area contributed by atoms with Crippen LogP contribution in [0.25, 0.3) is 60.4 Å². The first kappa shape index (κ1) is 29.8. The van der Waals surface area contributed by atoms with Crippen LogP contribution in [0.2, 0.25) is 5.02 Å². The summed E-state index contributed by atoms with van der Waals surface area (Å²) >= 11 is 8.70. The van der Waals surface area contributed by atoms with Gasteiger partial charge in [-0.25, -0.2) is 4.99 Å². The normalized spacial score (nSPS) is 12.5. The third-order valence-corrected chi connectivity index (χ3v) is 11.2. The van der Waals surface area contributed by atoms with Crippen molar-refractivity contribution < 1.29 is 0 Å². The molecule has 0 fully saturated rings. The van der Waals surface area contributed by atoms with Crippen LogP contribution in [0.15, 0.2) is 173 Å². The third-order valence-electron chi connectivity index (χ3n) is 9.68. The highest BCUT2D eigenvalue weighted by atomic mass is 35.5. The lowest BCUT2D eigenvalue weighted by Gasteiger charge is -2.22. The highest BCUT2D eigenvalue weighted by Gasteiger charge is 2.29. The van der Waals surface area contributed by atoms with Crippen molar-refractivity contribution in [3.8, 4) is 16.8 Å². The second-order valence-corrected chi connectivity index (χ2v) is 14.0. The van der Waals surface area contributed by atoms with Gasteiger partial charge in [-0.05, 0) is 30.3 Å². The van der Waals surface area contributed by atoms with Crippen LogP contribution in [-0.2, 0) is 0 Å². The first-order chi connectivity index (χ1) is 25.2. The average molecular weight is 694 g/mol. The molecule has 0 amide bonds. The van der Waals surface area contributed by atoms with E-state index in [1.54, 1.807) is 0 Å². The van der Waals surface area contributed by atoms with E-state index in [4.69, 9.17) is 22.0 Å². The number of halogens is 1. The zero-order valence-electron chi connectivity index (χ0n) is 27.1. The van der Waals surface area contributed by atoms with Crippen molar-refractivity contribution in [2.24, 2.45) is 4.99 Å². The summed E-state index contributed by atoms with van der Waals surface area (Å²) < 4.78 is 4.59. The lowest BCUT2D eigenvalue weighted by Crippen LogP contribution is -2.25. The van der Waals surface area contributed by atoms with Gasteiger partial charge in [-0.15, -0.1) is 0 Å². The Labute approximate surface area is 302 Å². The molecule has 0 aliphatic carbocycles. The van der Waals surface area contributed by atoms with Gasteiger partial charge in [0, 0.05) is 58.6 Å². The quantitative estimate of drug-likeness (QED) is 0.142. The molecule has 10 rings (SSSR count). The first-order valence-corrected chi connectivity index (χ1v) is 18.0. The number of para-hydroxylation sites is 3. The van der Waals surface area contributed by atoms with Gasteiger partial charge in [-0.3, -0.25) is 15.5 Å². The smallest absolute Gasteiger partial charge is 0.154 e. The SMILES string of the molecule is N=C(N=C(Nn1c2ccccc2c2c3c4c(cc21)c1cccc(-c2ccccc2Cl)c1n4-c1ccccc1S3)c1ccccc1)c1ccccc1. The van der Waals surface area contributed by atoms with Gasteiger partial charge >= 0.3 is 0 Å². The molecule has 7 heteroatoms. The number of aliphatic imine (C=N–C) groups is 1. The summed E-state index contributed by atoms with van der Waals surface area (Å²) in [4.78, 5) is 7.30. The van der Waals surface area contributed by atoms with Crippen LogP contribution in [0.3, 0.4) is 0 Å². The van der Waals surface area contributed by atoms with Crippen LogP contribution in [0.4, 0.5) is 0 Å². The number of hydrogen-bond donors (Lipinski definition) is 2. The molecule has 2 N–H and O–H groups in total. The standard InChI is InChI=1S/C44H28ClN5S/c45-34-22-9-7-18-29(34)30-20-13-21-31-33-26-37-39(42-41(33)49(40(30)31)36-24-11-12-25-38(36)51-42)32-19-8-10-23-35(32)50(37)48-44(28-16-5-2-6-17-28)47-43(46)27-14-3-1-4-15-27/h1-26H,(H2,46,47,48). The zero-order valence-corrected chi connectivity index (χ0v) is 28.7. The number of amidine groups is 2. The molecular weight excluding hydrogens is 666 g/mol. The second kappa shape index (κ2) is 11.8. The molecule has 51 heavy (non-hydrogen) atoms. The van der Waals surface area contributed by atoms with Crippen LogP contribution in [0, 0.1) is 5.41 Å². The Bertz CT molecular complexity index is 2890. The molecule has 0 bridgehead atoms. The first-order valence-electron chi connectivity index (χ1n) is 16.8. The lowest BCUT2D eigenvalue weighted by atomic mass is 10.0. The number of rotatable bonds is 4. The summed E-state index contributed by atoms with van der Waals surface area (Å²) in [5, 5.41) is 14.3. The second-order valence-electron chi connectivity index (χ2n) is 12.6. The predicted octanol–water partition coefficient (Wildman–Crippen LogP) is 11.7. The van der Waals surface area contributed by atoms with E-state index in [0.29, 0.717) is 5.84 Å². The van der Waals surface area contributed by atoms with E-state index in [2.05, 4.69) is 93.5 Å². The fourth-order valence-electron chi connectivity index (χ4n) is 7.45. The molecule has 0 saturated carbocycles. The number of benzene rings is 7. The Kier molecular flexibility index (Phi) is 6.88. The molecule has 3 heterocycles. The molecular formula is C44H28ClN5S. The van der Waals surface area contributed by atoms with Gasteiger partial charge in [0.25, 0.3) is 0 Å². The van der Waals surface area contributed by atoms with Crippen molar-refractivity contribution in [1.82, 2.24) is 9.24 Å². The minimum absolute atomic E-state index is 0.183. The molecule has 5 nitrogen and oxygen atoms in total. The van der Waals surface area contributed by atoms with E-state index in [1.165, 1.54) is 20.7 Å². The zero-order chi connectivity index (χ0) is 34.1. The Hall–Kier alpha value is -6.08. The molecule has 7 aromatic carbocycles. The molecule has 1 aliphatic rings. The van der Waals surface area contributed by atoms with Crippen molar-refractivity contribution in [2.75, 3.05) is 5.43 Å². The number of aromatic nitrogens is 2. The lowest BCUT2D eigenvalue weighted by molar-refractivity contribution is 1.07. The highest BCUT2D eigenvalue weighted by Crippen LogP contribution is 2.53.